The zero-order valence-electron chi connectivity index (χ0n) is 13.1. The molecule has 0 saturated heterocycles. The molecule has 2 aliphatic carbocycles. The lowest BCUT2D eigenvalue weighted by atomic mass is 9.61. The minimum absolute atomic E-state index is 0.170. The molecule has 0 amide bonds. The van der Waals surface area contributed by atoms with Gasteiger partial charge in [-0.15, -0.1) is 0 Å². The van der Waals surface area contributed by atoms with Crippen LogP contribution in [0.4, 0.5) is 0 Å². The second-order valence-electron chi connectivity index (χ2n) is 7.40. The molecule has 0 heterocycles. The molecule has 2 fully saturated rings. The van der Waals surface area contributed by atoms with Crippen LogP contribution in [0, 0.1) is 17.8 Å². The van der Waals surface area contributed by atoms with E-state index >= 15 is 0 Å². The predicted octanol–water partition coefficient (Wildman–Crippen LogP) is 3.17. The quantitative estimate of drug-likeness (QED) is 0.871. The van der Waals surface area contributed by atoms with Gasteiger partial charge in [0.25, 0.3) is 0 Å². The van der Waals surface area contributed by atoms with Crippen LogP contribution in [0.1, 0.15) is 65.2 Å². The summed E-state index contributed by atoms with van der Waals surface area (Å²) < 4.78 is 23.7. The Morgan fingerprint density at radius 1 is 1.10 bits per heavy atom. The summed E-state index contributed by atoms with van der Waals surface area (Å²) in [6, 6.07) is 0. The van der Waals surface area contributed by atoms with E-state index in [1.807, 2.05) is 0 Å². The summed E-state index contributed by atoms with van der Waals surface area (Å²) in [5.74, 6) is 0.974. The molecule has 0 radical (unpaired) electrons. The van der Waals surface area contributed by atoms with Gasteiger partial charge in [0.2, 0.25) is 0 Å². The Morgan fingerprint density at radius 3 is 2.40 bits per heavy atom. The Hall–Kier alpha value is -0.0900. The lowest BCUT2D eigenvalue weighted by Crippen LogP contribution is -2.51. The highest BCUT2D eigenvalue weighted by molar-refractivity contribution is 7.91. The summed E-state index contributed by atoms with van der Waals surface area (Å²) in [7, 11) is -2.97. The average Bonchev–Trinajstić information content (AvgIpc) is 2.38. The normalized spacial score (nSPS) is 40.0. The highest BCUT2D eigenvalue weighted by Crippen LogP contribution is 2.48. The van der Waals surface area contributed by atoms with Crippen molar-refractivity contribution in [1.29, 1.82) is 0 Å². The first-order valence-electron chi connectivity index (χ1n) is 8.16. The van der Waals surface area contributed by atoms with E-state index < -0.39 is 15.4 Å². The fourth-order valence-electron chi connectivity index (χ4n) is 4.61. The van der Waals surface area contributed by atoms with Crippen molar-refractivity contribution in [3.8, 4) is 0 Å². The molecule has 3 nitrogen and oxygen atoms in total. The lowest BCUT2D eigenvalue weighted by Gasteiger charge is -2.49. The van der Waals surface area contributed by atoms with Gasteiger partial charge in [-0.05, 0) is 49.9 Å². The maximum Gasteiger partial charge on any atom is 0.150 e. The molecule has 118 valence electrons. The summed E-state index contributed by atoms with van der Waals surface area (Å²) in [5, 5.41) is 11.1. The molecular formula is C16H30O3S. The van der Waals surface area contributed by atoms with Crippen LogP contribution >= 0.6 is 0 Å². The number of sulfone groups is 1. The van der Waals surface area contributed by atoms with Crippen molar-refractivity contribution in [3.63, 3.8) is 0 Å². The molecule has 0 aromatic heterocycles. The third kappa shape index (κ3) is 3.22. The van der Waals surface area contributed by atoms with E-state index in [1.165, 1.54) is 12.7 Å². The second-order valence-corrected chi connectivity index (χ2v) is 9.73. The molecule has 0 aliphatic heterocycles. The molecule has 20 heavy (non-hydrogen) atoms. The van der Waals surface area contributed by atoms with Gasteiger partial charge in [-0.25, -0.2) is 8.42 Å². The van der Waals surface area contributed by atoms with Gasteiger partial charge in [0.1, 0.15) is 9.84 Å². The first-order valence-corrected chi connectivity index (χ1v) is 10.1. The maximum atomic E-state index is 11.9. The molecule has 4 heteroatoms. The Balaban J connectivity index is 2.19. The van der Waals surface area contributed by atoms with Gasteiger partial charge in [-0.3, -0.25) is 0 Å². The van der Waals surface area contributed by atoms with Crippen LogP contribution in [0.5, 0.6) is 0 Å². The van der Waals surface area contributed by atoms with E-state index in [0.29, 0.717) is 18.3 Å². The van der Waals surface area contributed by atoms with Crippen LogP contribution < -0.4 is 0 Å². The van der Waals surface area contributed by atoms with E-state index in [0.717, 1.165) is 38.5 Å². The van der Waals surface area contributed by atoms with E-state index in [4.69, 9.17) is 0 Å². The van der Waals surface area contributed by atoms with Crippen molar-refractivity contribution in [2.24, 2.45) is 17.8 Å². The van der Waals surface area contributed by atoms with Gasteiger partial charge in [0.15, 0.2) is 0 Å². The van der Waals surface area contributed by atoms with Gasteiger partial charge >= 0.3 is 0 Å². The van der Waals surface area contributed by atoms with Gasteiger partial charge in [0.05, 0.1) is 10.9 Å². The third-order valence-electron chi connectivity index (χ3n) is 5.73. The number of hydrogen-bond acceptors (Lipinski definition) is 3. The van der Waals surface area contributed by atoms with Crippen molar-refractivity contribution >= 4 is 9.84 Å². The van der Waals surface area contributed by atoms with Crippen molar-refractivity contribution < 1.29 is 13.5 Å². The topological polar surface area (TPSA) is 54.4 Å². The van der Waals surface area contributed by atoms with Crippen LogP contribution in [0.2, 0.25) is 0 Å². The smallest absolute Gasteiger partial charge is 0.150 e. The average molecular weight is 302 g/mol. The molecule has 4 unspecified atom stereocenters. The molecule has 2 rings (SSSR count). The fourth-order valence-corrected chi connectivity index (χ4v) is 5.79. The monoisotopic (exact) mass is 302 g/mol. The molecule has 2 aliphatic rings. The Kier molecular flexibility index (Phi) is 4.85. The molecule has 0 bridgehead atoms. The SMILES string of the molecule is CC(C)C1CCCCC1(O)C1CCCC(S(C)(=O)=O)C1. The molecule has 0 aromatic rings. The zero-order valence-corrected chi connectivity index (χ0v) is 14.0. The molecular weight excluding hydrogens is 272 g/mol. The van der Waals surface area contributed by atoms with Gasteiger partial charge in [-0.1, -0.05) is 33.1 Å². The fraction of sp³-hybridized carbons (Fsp3) is 1.00. The predicted molar refractivity (Wildman–Crippen MR) is 82.3 cm³/mol. The number of aliphatic hydroxyl groups is 1. The van der Waals surface area contributed by atoms with Gasteiger partial charge in [0, 0.05) is 6.26 Å². The summed E-state index contributed by atoms with van der Waals surface area (Å²) in [6.45, 7) is 4.38. The van der Waals surface area contributed by atoms with E-state index in [1.54, 1.807) is 0 Å². The highest BCUT2D eigenvalue weighted by Gasteiger charge is 2.48. The number of rotatable bonds is 3. The second kappa shape index (κ2) is 5.96. The summed E-state index contributed by atoms with van der Waals surface area (Å²) in [6.07, 6.45) is 8.96. The van der Waals surface area contributed by atoms with E-state index in [-0.39, 0.29) is 11.2 Å². The van der Waals surface area contributed by atoms with Crippen LogP contribution in [0.25, 0.3) is 0 Å². The third-order valence-corrected chi connectivity index (χ3v) is 7.37. The van der Waals surface area contributed by atoms with Crippen LogP contribution in [0.15, 0.2) is 0 Å². The Bertz CT molecular complexity index is 429. The molecule has 4 atom stereocenters. The summed E-state index contributed by atoms with van der Waals surface area (Å²) in [4.78, 5) is 0. The minimum atomic E-state index is -2.97. The largest absolute Gasteiger partial charge is 0.389 e. The Morgan fingerprint density at radius 2 is 1.80 bits per heavy atom. The maximum absolute atomic E-state index is 11.9. The van der Waals surface area contributed by atoms with Crippen molar-refractivity contribution in [1.82, 2.24) is 0 Å². The molecule has 1 N–H and O–H groups in total. The lowest BCUT2D eigenvalue weighted by molar-refractivity contribution is -0.118. The van der Waals surface area contributed by atoms with E-state index in [9.17, 15) is 13.5 Å². The summed E-state index contributed by atoms with van der Waals surface area (Å²) >= 11 is 0. The number of hydrogen-bond donors (Lipinski definition) is 1. The zero-order chi connectivity index (χ0) is 15.0. The molecule has 0 spiro atoms. The van der Waals surface area contributed by atoms with Crippen LogP contribution in [-0.2, 0) is 9.84 Å². The Labute approximate surface area is 124 Å². The molecule has 2 saturated carbocycles. The standard InChI is InChI=1S/C16H30O3S/c1-12(2)15-9-4-5-10-16(15,17)13-7-6-8-14(11-13)20(3,18)19/h12-15,17H,4-11H2,1-3H3. The van der Waals surface area contributed by atoms with E-state index in [2.05, 4.69) is 13.8 Å². The highest BCUT2D eigenvalue weighted by atomic mass is 32.2. The van der Waals surface area contributed by atoms with Crippen molar-refractivity contribution in [3.05, 3.63) is 0 Å². The first kappa shape index (κ1) is 16.3. The van der Waals surface area contributed by atoms with Crippen molar-refractivity contribution in [2.75, 3.05) is 6.26 Å². The van der Waals surface area contributed by atoms with Crippen molar-refractivity contribution in [2.45, 2.75) is 76.1 Å². The minimum Gasteiger partial charge on any atom is -0.389 e. The van der Waals surface area contributed by atoms with Gasteiger partial charge in [-0.2, -0.15) is 0 Å². The summed E-state index contributed by atoms with van der Waals surface area (Å²) in [5.41, 5.74) is -0.629. The van der Waals surface area contributed by atoms with Gasteiger partial charge < -0.3 is 5.11 Å². The molecule has 0 aromatic carbocycles. The first-order chi connectivity index (χ1) is 9.25. The van der Waals surface area contributed by atoms with Crippen LogP contribution in [0.3, 0.4) is 0 Å². The van der Waals surface area contributed by atoms with Crippen LogP contribution in [-0.4, -0.2) is 30.6 Å².